The summed E-state index contributed by atoms with van der Waals surface area (Å²) in [5.74, 6) is 0. The van der Waals surface area contributed by atoms with E-state index in [0.717, 1.165) is 11.8 Å². The maximum atomic E-state index is 3.48. The van der Waals surface area contributed by atoms with Crippen LogP contribution in [0.15, 0.2) is 48.5 Å². The average molecular weight is 299 g/mol. The molecule has 0 bridgehead atoms. The quantitative estimate of drug-likeness (QED) is 0.580. The zero-order valence-corrected chi connectivity index (χ0v) is 12.0. The number of hydrogen-bond acceptors (Lipinski definition) is 0. The molecule has 0 saturated carbocycles. The molecule has 2 aromatic carbocycles. The van der Waals surface area contributed by atoms with Crippen LogP contribution in [0.3, 0.4) is 0 Å². The zero-order chi connectivity index (χ0) is 12.5. The molecule has 0 spiro atoms. The van der Waals surface area contributed by atoms with Gasteiger partial charge >= 0.3 is 0 Å². The summed E-state index contributed by atoms with van der Waals surface area (Å²) >= 11 is 3.48. The summed E-state index contributed by atoms with van der Waals surface area (Å²) < 4.78 is 0. The van der Waals surface area contributed by atoms with E-state index >= 15 is 0 Å². The fourth-order valence-corrected chi connectivity index (χ4v) is 3.24. The Balaban J connectivity index is 2.17. The monoisotopic (exact) mass is 298 g/mol. The van der Waals surface area contributed by atoms with Crippen LogP contribution in [0.1, 0.15) is 23.6 Å². The summed E-state index contributed by atoms with van der Waals surface area (Å²) in [5.41, 5.74) is 8.49. The van der Waals surface area contributed by atoms with E-state index in [9.17, 15) is 0 Å². The van der Waals surface area contributed by atoms with Crippen LogP contribution in [-0.2, 0) is 6.42 Å². The van der Waals surface area contributed by atoms with Crippen molar-refractivity contribution in [3.63, 3.8) is 0 Å². The highest BCUT2D eigenvalue weighted by atomic mass is 79.9. The van der Waals surface area contributed by atoms with Crippen LogP contribution in [0, 0.1) is 0 Å². The Kier molecular flexibility index (Phi) is 3.09. The van der Waals surface area contributed by atoms with Crippen LogP contribution in [0.5, 0.6) is 0 Å². The van der Waals surface area contributed by atoms with Gasteiger partial charge in [-0.15, -0.1) is 0 Å². The van der Waals surface area contributed by atoms with Gasteiger partial charge in [-0.25, -0.2) is 0 Å². The number of fused-ring (bicyclic) bond motifs is 3. The molecule has 0 aromatic heterocycles. The third-order valence-electron chi connectivity index (χ3n) is 3.66. The minimum absolute atomic E-state index is 0.912. The maximum Gasteiger partial charge on any atom is 0.0217 e. The number of allylic oxidation sites excluding steroid dienone is 2. The lowest BCUT2D eigenvalue weighted by molar-refractivity contribution is 1.24. The van der Waals surface area contributed by atoms with Crippen LogP contribution >= 0.6 is 15.9 Å². The van der Waals surface area contributed by atoms with Crippen molar-refractivity contribution in [2.24, 2.45) is 0 Å². The van der Waals surface area contributed by atoms with Gasteiger partial charge in [-0.1, -0.05) is 64.5 Å². The van der Waals surface area contributed by atoms with E-state index in [1.807, 2.05) is 0 Å². The molecule has 1 heteroatoms. The standard InChI is InChI=1S/C17H15Br/c1-12(9-10-18)14-7-4-8-16-15-6-3-2-5-13(15)11-17(14)16/h2-9H,10-11H2,1H3. The number of rotatable bonds is 2. The lowest BCUT2D eigenvalue weighted by atomic mass is 9.96. The molecule has 3 rings (SSSR count). The lowest BCUT2D eigenvalue weighted by Gasteiger charge is -2.08. The van der Waals surface area contributed by atoms with Gasteiger partial charge in [0.1, 0.15) is 0 Å². The molecule has 0 radical (unpaired) electrons. The Morgan fingerprint density at radius 3 is 2.72 bits per heavy atom. The van der Waals surface area contributed by atoms with E-state index in [1.165, 1.54) is 33.4 Å². The second kappa shape index (κ2) is 4.74. The number of halogens is 1. The Morgan fingerprint density at radius 2 is 1.89 bits per heavy atom. The summed E-state index contributed by atoms with van der Waals surface area (Å²) in [4.78, 5) is 0. The van der Waals surface area contributed by atoms with Crippen molar-refractivity contribution in [1.29, 1.82) is 0 Å². The van der Waals surface area contributed by atoms with Crippen molar-refractivity contribution < 1.29 is 0 Å². The van der Waals surface area contributed by atoms with Crippen LogP contribution in [0.25, 0.3) is 16.7 Å². The van der Waals surface area contributed by atoms with Gasteiger partial charge in [-0.05, 0) is 46.7 Å². The second-order valence-electron chi connectivity index (χ2n) is 4.71. The first-order valence-electron chi connectivity index (χ1n) is 6.24. The summed E-state index contributed by atoms with van der Waals surface area (Å²) in [6.07, 6.45) is 3.30. The minimum atomic E-state index is 0.912. The molecule has 0 heterocycles. The predicted octanol–water partition coefficient (Wildman–Crippen LogP) is 5.06. The van der Waals surface area contributed by atoms with Crippen molar-refractivity contribution in [3.05, 3.63) is 65.2 Å². The molecule has 2 aromatic rings. The van der Waals surface area contributed by atoms with Crippen molar-refractivity contribution in [1.82, 2.24) is 0 Å². The first kappa shape index (κ1) is 11.7. The third-order valence-corrected chi connectivity index (χ3v) is 3.98. The molecule has 0 fully saturated rings. The predicted molar refractivity (Wildman–Crippen MR) is 82.1 cm³/mol. The molecule has 0 saturated heterocycles. The SMILES string of the molecule is CC(=CCBr)c1cccc2c1Cc1ccccc1-2. The molecule has 0 amide bonds. The Bertz CT molecular complexity index is 623. The zero-order valence-electron chi connectivity index (χ0n) is 10.4. The van der Waals surface area contributed by atoms with Gasteiger partial charge in [-0.2, -0.15) is 0 Å². The summed E-state index contributed by atoms with van der Waals surface area (Å²) in [6.45, 7) is 2.19. The average Bonchev–Trinajstić information content (AvgIpc) is 2.77. The topological polar surface area (TPSA) is 0 Å². The molecule has 0 nitrogen and oxygen atoms in total. The van der Waals surface area contributed by atoms with Crippen LogP contribution in [-0.4, -0.2) is 5.33 Å². The summed E-state index contributed by atoms with van der Waals surface area (Å²) in [5, 5.41) is 0.912. The van der Waals surface area contributed by atoms with E-state index in [-0.39, 0.29) is 0 Å². The third kappa shape index (κ3) is 1.83. The Hall–Kier alpha value is -1.34. The molecule has 1 aliphatic rings. The minimum Gasteiger partial charge on any atom is -0.0883 e. The van der Waals surface area contributed by atoms with Gasteiger partial charge in [0, 0.05) is 5.33 Å². The molecule has 0 aliphatic heterocycles. The van der Waals surface area contributed by atoms with Gasteiger partial charge in [0.05, 0.1) is 0 Å². The van der Waals surface area contributed by atoms with Crippen molar-refractivity contribution in [2.45, 2.75) is 13.3 Å². The van der Waals surface area contributed by atoms with Crippen molar-refractivity contribution >= 4 is 21.5 Å². The van der Waals surface area contributed by atoms with E-state index in [2.05, 4.69) is 71.4 Å². The molecule has 18 heavy (non-hydrogen) atoms. The van der Waals surface area contributed by atoms with Crippen molar-refractivity contribution in [2.75, 3.05) is 5.33 Å². The van der Waals surface area contributed by atoms with E-state index in [0.29, 0.717) is 0 Å². The Labute approximate surface area is 116 Å². The molecule has 0 unspecified atom stereocenters. The van der Waals surface area contributed by atoms with Gasteiger partial charge in [-0.3, -0.25) is 0 Å². The normalized spacial score (nSPS) is 13.3. The van der Waals surface area contributed by atoms with Crippen LogP contribution < -0.4 is 0 Å². The molecule has 1 aliphatic carbocycles. The molecular weight excluding hydrogens is 284 g/mol. The Morgan fingerprint density at radius 1 is 1.11 bits per heavy atom. The second-order valence-corrected chi connectivity index (χ2v) is 5.35. The smallest absolute Gasteiger partial charge is 0.0217 e. The first-order valence-corrected chi connectivity index (χ1v) is 7.36. The first-order chi connectivity index (χ1) is 8.81. The molecule has 90 valence electrons. The van der Waals surface area contributed by atoms with Gasteiger partial charge in [0.15, 0.2) is 0 Å². The highest BCUT2D eigenvalue weighted by Gasteiger charge is 2.20. The summed E-state index contributed by atoms with van der Waals surface area (Å²) in [6, 6.07) is 15.4. The number of benzene rings is 2. The van der Waals surface area contributed by atoms with Gasteiger partial charge < -0.3 is 0 Å². The molecular formula is C17H15Br. The molecule has 0 N–H and O–H groups in total. The fraction of sp³-hybridized carbons (Fsp3) is 0.176. The number of hydrogen-bond donors (Lipinski definition) is 0. The van der Waals surface area contributed by atoms with Crippen LogP contribution in [0.4, 0.5) is 0 Å². The summed E-state index contributed by atoms with van der Waals surface area (Å²) in [7, 11) is 0. The maximum absolute atomic E-state index is 3.48. The van der Waals surface area contributed by atoms with Gasteiger partial charge in [0.2, 0.25) is 0 Å². The fourth-order valence-electron chi connectivity index (χ4n) is 2.75. The van der Waals surface area contributed by atoms with E-state index in [4.69, 9.17) is 0 Å². The van der Waals surface area contributed by atoms with Crippen molar-refractivity contribution in [3.8, 4) is 11.1 Å². The highest BCUT2D eigenvalue weighted by Crippen LogP contribution is 2.39. The van der Waals surface area contributed by atoms with Gasteiger partial charge in [0.25, 0.3) is 0 Å². The molecule has 0 atom stereocenters. The van der Waals surface area contributed by atoms with E-state index < -0.39 is 0 Å². The largest absolute Gasteiger partial charge is 0.0883 e. The van der Waals surface area contributed by atoms with E-state index in [1.54, 1.807) is 0 Å². The highest BCUT2D eigenvalue weighted by molar-refractivity contribution is 9.09. The van der Waals surface area contributed by atoms with Crippen LogP contribution in [0.2, 0.25) is 0 Å². The number of alkyl halides is 1. The lowest BCUT2D eigenvalue weighted by Crippen LogP contribution is -1.90.